The zero-order valence-electron chi connectivity index (χ0n) is 25.5. The highest BCUT2D eigenvalue weighted by Crippen LogP contribution is 2.50. The van der Waals surface area contributed by atoms with E-state index in [2.05, 4.69) is 35.2 Å². The number of benzene rings is 1. The molecule has 1 aromatic carbocycles. The van der Waals surface area contributed by atoms with Gasteiger partial charge in [-0.1, -0.05) is 32.0 Å². The summed E-state index contributed by atoms with van der Waals surface area (Å²) in [6, 6.07) is 8.85. The largest absolute Gasteiger partial charge is 0.382 e. The van der Waals surface area contributed by atoms with E-state index in [0.717, 1.165) is 0 Å². The SMILES string of the molecule is CC[C@H]1O[C@@H](n2cnc3c(N)ncnc32)C[C@@H]1O[P@](O)(=S)OC[C@H]1O[C@@H](n2cnc3c(NC(=O)c4ccccc4)ncnc32)C[C@@H]1C. The molecule has 2 aliphatic heterocycles. The number of carbonyl (C=O) groups is 1. The molecule has 0 saturated carbocycles. The van der Waals surface area contributed by atoms with E-state index in [0.29, 0.717) is 53.0 Å². The van der Waals surface area contributed by atoms with Crippen molar-refractivity contribution in [3.8, 4) is 0 Å². The Morgan fingerprint density at radius 1 is 1.00 bits per heavy atom. The van der Waals surface area contributed by atoms with Crippen molar-refractivity contribution < 1.29 is 28.2 Å². The first-order chi connectivity index (χ1) is 22.7. The van der Waals surface area contributed by atoms with Crippen molar-refractivity contribution in [2.75, 3.05) is 17.7 Å². The molecule has 4 aromatic heterocycles. The maximum absolute atomic E-state index is 12.7. The second-order valence-electron chi connectivity index (χ2n) is 11.5. The van der Waals surface area contributed by atoms with Crippen LogP contribution < -0.4 is 11.1 Å². The van der Waals surface area contributed by atoms with Crippen molar-refractivity contribution in [1.29, 1.82) is 0 Å². The van der Waals surface area contributed by atoms with Crippen LogP contribution in [0.15, 0.2) is 55.6 Å². The van der Waals surface area contributed by atoms with E-state index in [4.69, 9.17) is 36.1 Å². The minimum atomic E-state index is -3.67. The fraction of sp³-hybridized carbons (Fsp3) is 0.414. The predicted molar refractivity (Wildman–Crippen MR) is 173 cm³/mol. The summed E-state index contributed by atoms with van der Waals surface area (Å²) < 4.78 is 28.0. The van der Waals surface area contributed by atoms with Crippen molar-refractivity contribution in [3.05, 3.63) is 61.2 Å². The molecule has 246 valence electrons. The molecule has 18 heteroatoms. The summed E-state index contributed by atoms with van der Waals surface area (Å²) in [6.07, 6.45) is 5.54. The van der Waals surface area contributed by atoms with Gasteiger partial charge in [0.15, 0.2) is 28.4 Å². The number of rotatable bonds is 10. The zero-order valence-corrected chi connectivity index (χ0v) is 27.2. The summed E-state index contributed by atoms with van der Waals surface area (Å²) >= 11 is 5.43. The number of nitrogens with one attached hydrogen (secondary N) is 1. The van der Waals surface area contributed by atoms with Crippen molar-refractivity contribution >= 4 is 58.4 Å². The van der Waals surface area contributed by atoms with Crippen LogP contribution in [0.2, 0.25) is 0 Å². The molecule has 0 radical (unpaired) electrons. The number of nitrogen functional groups attached to an aromatic ring is 1. The van der Waals surface area contributed by atoms with Crippen molar-refractivity contribution in [1.82, 2.24) is 39.0 Å². The zero-order chi connectivity index (χ0) is 32.7. The molecule has 7 rings (SSSR count). The summed E-state index contributed by atoms with van der Waals surface area (Å²) in [5.41, 5.74) is 8.43. The lowest BCUT2D eigenvalue weighted by Gasteiger charge is -2.24. The monoisotopic (exact) mass is 680 g/mol. The van der Waals surface area contributed by atoms with Gasteiger partial charge in [0, 0.05) is 12.0 Å². The third-order valence-electron chi connectivity index (χ3n) is 8.43. The molecule has 2 saturated heterocycles. The molecule has 1 amide bonds. The van der Waals surface area contributed by atoms with Gasteiger partial charge < -0.3 is 34.5 Å². The highest BCUT2D eigenvalue weighted by molar-refractivity contribution is 8.07. The number of aromatic nitrogens is 8. The first-order valence-corrected chi connectivity index (χ1v) is 17.7. The van der Waals surface area contributed by atoms with Crippen molar-refractivity contribution in [2.24, 2.45) is 5.92 Å². The summed E-state index contributed by atoms with van der Waals surface area (Å²) in [4.78, 5) is 49.5. The van der Waals surface area contributed by atoms with Crippen molar-refractivity contribution in [2.45, 2.75) is 63.9 Å². The topological polar surface area (TPSA) is 199 Å². The number of ether oxygens (including phenoxy) is 2. The molecule has 7 atom stereocenters. The van der Waals surface area contributed by atoms with Gasteiger partial charge in [0.05, 0.1) is 37.6 Å². The second-order valence-corrected chi connectivity index (χ2v) is 14.3. The smallest absolute Gasteiger partial charge is 0.324 e. The number of imidazole rings is 2. The van der Waals surface area contributed by atoms with Gasteiger partial charge in [0.1, 0.15) is 30.6 Å². The molecule has 0 aliphatic carbocycles. The van der Waals surface area contributed by atoms with Gasteiger partial charge in [-0.3, -0.25) is 13.9 Å². The average molecular weight is 681 g/mol. The number of amides is 1. The number of hydrogen-bond donors (Lipinski definition) is 3. The summed E-state index contributed by atoms with van der Waals surface area (Å²) in [6.45, 7) is 0.357. The lowest BCUT2D eigenvalue weighted by Crippen LogP contribution is -2.25. The van der Waals surface area contributed by atoms with Gasteiger partial charge in [-0.2, -0.15) is 0 Å². The summed E-state index contributed by atoms with van der Waals surface area (Å²) in [5, 5.41) is 2.82. The molecule has 16 nitrogen and oxygen atoms in total. The molecule has 4 N–H and O–H groups in total. The lowest BCUT2D eigenvalue weighted by molar-refractivity contribution is -0.0324. The Bertz CT molecular complexity index is 1960. The standard InChI is InChI=1S/C29H33N10O6PS/c1-3-18-19(10-22(43-18)39-14-35-23-25(30)31-12-33-27(23)39)45-46(41,47)42-11-20-16(2)9-21(44-20)38-15-36-24-26(32-13-34-28(24)38)37-29(40)17-7-5-4-6-8-17/h4-8,12-16,18-22H,3,9-11H2,1-2H3,(H,41,47)(H2,30,31,33)(H,32,34,37,40)/t16-,18+,19-,20+,21+,22+,46+/m0/s1. The Labute approximate surface area is 273 Å². The van der Waals surface area contributed by atoms with Crippen LogP contribution in [-0.4, -0.2) is 74.8 Å². The van der Waals surface area contributed by atoms with E-state index in [1.807, 2.05) is 19.9 Å². The van der Waals surface area contributed by atoms with Crippen LogP contribution in [0, 0.1) is 5.92 Å². The third kappa shape index (κ3) is 6.35. The molecule has 47 heavy (non-hydrogen) atoms. The first-order valence-electron chi connectivity index (χ1n) is 15.1. The van der Waals surface area contributed by atoms with Gasteiger partial charge in [-0.25, -0.2) is 29.9 Å². The highest BCUT2D eigenvalue weighted by Gasteiger charge is 2.41. The van der Waals surface area contributed by atoms with Gasteiger partial charge in [-0.05, 0) is 42.7 Å². The van der Waals surface area contributed by atoms with Gasteiger partial charge in [0.25, 0.3) is 5.91 Å². The molecule has 0 unspecified atom stereocenters. The Morgan fingerprint density at radius 2 is 1.66 bits per heavy atom. The molecule has 6 heterocycles. The quantitative estimate of drug-likeness (QED) is 0.180. The average Bonchev–Trinajstić information content (AvgIpc) is 3.85. The maximum Gasteiger partial charge on any atom is 0.324 e. The molecule has 0 bridgehead atoms. The fourth-order valence-electron chi connectivity index (χ4n) is 5.96. The van der Waals surface area contributed by atoms with E-state index >= 15 is 0 Å². The summed E-state index contributed by atoms with van der Waals surface area (Å²) in [5.74, 6) is 0.333. The highest BCUT2D eigenvalue weighted by atomic mass is 32.5. The second kappa shape index (κ2) is 12.9. The van der Waals surface area contributed by atoms with Crippen LogP contribution in [0.5, 0.6) is 0 Å². The van der Waals surface area contributed by atoms with Crippen LogP contribution >= 0.6 is 6.72 Å². The van der Waals surface area contributed by atoms with E-state index in [9.17, 15) is 9.69 Å². The molecular weight excluding hydrogens is 647 g/mol. The lowest BCUT2D eigenvalue weighted by atomic mass is 10.0. The van der Waals surface area contributed by atoms with Crippen LogP contribution in [0.25, 0.3) is 22.3 Å². The Morgan fingerprint density at radius 3 is 2.40 bits per heavy atom. The number of hydrogen-bond acceptors (Lipinski definition) is 13. The predicted octanol–water partition coefficient (Wildman–Crippen LogP) is 3.74. The Kier molecular flexibility index (Phi) is 8.69. The normalized spacial score (nSPS) is 25.8. The number of nitrogens with zero attached hydrogens (tertiary/aromatic N) is 8. The molecule has 2 aliphatic rings. The number of carbonyl (C=O) groups excluding carboxylic acids is 1. The summed E-state index contributed by atoms with van der Waals surface area (Å²) in [7, 11) is 0. The van der Waals surface area contributed by atoms with Crippen LogP contribution in [0.3, 0.4) is 0 Å². The minimum absolute atomic E-state index is 0.0294. The van der Waals surface area contributed by atoms with E-state index in [1.165, 1.54) is 12.7 Å². The molecule has 5 aromatic rings. The minimum Gasteiger partial charge on any atom is -0.382 e. The van der Waals surface area contributed by atoms with E-state index < -0.39 is 25.3 Å². The van der Waals surface area contributed by atoms with E-state index in [1.54, 1.807) is 46.1 Å². The molecule has 2 fully saturated rings. The molecular formula is C29H33N10O6PS. The van der Waals surface area contributed by atoms with Gasteiger partial charge >= 0.3 is 6.72 Å². The van der Waals surface area contributed by atoms with Crippen LogP contribution in [-0.2, 0) is 30.3 Å². The van der Waals surface area contributed by atoms with Crippen LogP contribution in [0.4, 0.5) is 11.6 Å². The van der Waals surface area contributed by atoms with Crippen LogP contribution in [0.1, 0.15) is 55.9 Å². The van der Waals surface area contributed by atoms with Crippen molar-refractivity contribution in [3.63, 3.8) is 0 Å². The Hall–Kier alpha value is -3.96. The van der Waals surface area contributed by atoms with Gasteiger partial charge in [0.2, 0.25) is 0 Å². The fourth-order valence-corrected chi connectivity index (χ4v) is 7.44. The third-order valence-corrected chi connectivity index (χ3v) is 10.0. The number of anilines is 2. The Balaban J connectivity index is 0.984. The number of nitrogens with two attached hydrogens (primary N) is 1. The van der Waals surface area contributed by atoms with E-state index in [-0.39, 0.29) is 36.5 Å². The molecule has 0 spiro atoms. The number of fused-ring (bicyclic) bond motifs is 2. The first kappa shape index (κ1) is 31.6. The maximum atomic E-state index is 12.7. The van der Waals surface area contributed by atoms with Gasteiger partial charge in [-0.15, -0.1) is 0 Å².